The van der Waals surface area contributed by atoms with Gasteiger partial charge in [0.15, 0.2) is 5.69 Å². The van der Waals surface area contributed by atoms with Crippen molar-refractivity contribution in [1.29, 1.82) is 0 Å². The molecule has 1 saturated heterocycles. The van der Waals surface area contributed by atoms with E-state index in [2.05, 4.69) is 36.9 Å². The number of halogens is 1. The average molecular weight is 350 g/mol. The summed E-state index contributed by atoms with van der Waals surface area (Å²) in [7, 11) is 0. The molecule has 6 nitrogen and oxygen atoms in total. The van der Waals surface area contributed by atoms with Crippen molar-refractivity contribution in [2.24, 2.45) is 0 Å². The zero-order valence-corrected chi connectivity index (χ0v) is 13.2. The summed E-state index contributed by atoms with van der Waals surface area (Å²) in [5.74, 6) is -0.207. The molecular formula is C14H16BrN5O. The first-order chi connectivity index (χ1) is 10.1. The molecule has 110 valence electrons. The highest BCUT2D eigenvalue weighted by Gasteiger charge is 2.22. The lowest BCUT2D eigenvalue weighted by atomic mass is 10.1. The van der Waals surface area contributed by atoms with Gasteiger partial charge in [0.25, 0.3) is 5.91 Å². The van der Waals surface area contributed by atoms with Gasteiger partial charge in [0.2, 0.25) is 0 Å². The van der Waals surface area contributed by atoms with Crippen LogP contribution in [0.5, 0.6) is 0 Å². The first kappa shape index (κ1) is 14.2. The Labute approximate surface area is 131 Å². The van der Waals surface area contributed by atoms with Crippen molar-refractivity contribution >= 4 is 21.8 Å². The number of benzene rings is 1. The molecule has 0 aliphatic carbocycles. The van der Waals surface area contributed by atoms with Crippen LogP contribution >= 0.6 is 15.9 Å². The van der Waals surface area contributed by atoms with Crippen LogP contribution in [0.3, 0.4) is 0 Å². The summed E-state index contributed by atoms with van der Waals surface area (Å²) in [6, 6.07) is 8.08. The van der Waals surface area contributed by atoms with Gasteiger partial charge in [-0.1, -0.05) is 33.3 Å². The lowest BCUT2D eigenvalue weighted by molar-refractivity contribution is 0.0934. The van der Waals surface area contributed by atoms with Crippen LogP contribution in [0.25, 0.3) is 0 Å². The second kappa shape index (κ2) is 5.95. The summed E-state index contributed by atoms with van der Waals surface area (Å²) in [5.41, 5.74) is 1.39. The minimum absolute atomic E-state index is 0.0921. The molecule has 21 heavy (non-hydrogen) atoms. The quantitative estimate of drug-likeness (QED) is 0.880. The van der Waals surface area contributed by atoms with Gasteiger partial charge in [-0.25, -0.2) is 4.68 Å². The Bertz CT molecular complexity index is 652. The number of aromatic nitrogens is 3. The van der Waals surface area contributed by atoms with E-state index in [1.54, 1.807) is 10.9 Å². The molecular weight excluding hydrogens is 334 g/mol. The largest absolute Gasteiger partial charge is 0.344 e. The Kier molecular flexibility index (Phi) is 4.03. The second-order valence-electron chi connectivity index (χ2n) is 5.15. The predicted octanol–water partition coefficient (Wildman–Crippen LogP) is 1.68. The molecule has 0 saturated carbocycles. The summed E-state index contributed by atoms with van der Waals surface area (Å²) in [5, 5.41) is 14.1. The molecule has 0 unspecified atom stereocenters. The van der Waals surface area contributed by atoms with Crippen LogP contribution < -0.4 is 10.6 Å². The summed E-state index contributed by atoms with van der Waals surface area (Å²) in [6.07, 6.45) is 1.70. The second-order valence-corrected chi connectivity index (χ2v) is 6.06. The zero-order chi connectivity index (χ0) is 14.8. The van der Waals surface area contributed by atoms with Gasteiger partial charge in [-0.3, -0.25) is 4.79 Å². The minimum Gasteiger partial charge on any atom is -0.344 e. The molecule has 0 bridgehead atoms. The van der Waals surface area contributed by atoms with E-state index in [4.69, 9.17) is 0 Å². The maximum absolute atomic E-state index is 12.2. The van der Waals surface area contributed by atoms with Crippen LogP contribution in [0.15, 0.2) is 34.9 Å². The van der Waals surface area contributed by atoms with Crippen LogP contribution in [0, 0.1) is 0 Å². The van der Waals surface area contributed by atoms with E-state index in [-0.39, 0.29) is 11.9 Å². The van der Waals surface area contributed by atoms with Crippen molar-refractivity contribution in [3.05, 3.63) is 46.2 Å². The summed E-state index contributed by atoms with van der Waals surface area (Å²) >= 11 is 3.43. The molecule has 1 amide bonds. The molecule has 1 aromatic carbocycles. The van der Waals surface area contributed by atoms with Crippen molar-refractivity contribution in [1.82, 2.24) is 25.6 Å². The molecule has 2 heterocycles. The normalized spacial score (nSPS) is 16.3. The number of carbonyl (C=O) groups is 1. The van der Waals surface area contributed by atoms with Gasteiger partial charge in [0.1, 0.15) is 0 Å². The van der Waals surface area contributed by atoms with Crippen LogP contribution in [-0.2, 0) is 0 Å². The average Bonchev–Trinajstić information content (AvgIpc) is 2.86. The van der Waals surface area contributed by atoms with Gasteiger partial charge >= 0.3 is 0 Å². The molecule has 1 aromatic heterocycles. The molecule has 2 N–H and O–H groups in total. The highest BCUT2D eigenvalue weighted by molar-refractivity contribution is 9.10. The fourth-order valence-electron chi connectivity index (χ4n) is 2.15. The third kappa shape index (κ3) is 3.14. The fourth-order valence-corrected chi connectivity index (χ4v) is 2.57. The highest BCUT2D eigenvalue weighted by atomic mass is 79.9. The van der Waals surface area contributed by atoms with E-state index in [1.807, 2.05) is 31.2 Å². The third-order valence-corrected chi connectivity index (χ3v) is 4.07. The molecule has 1 fully saturated rings. The van der Waals surface area contributed by atoms with E-state index in [9.17, 15) is 4.79 Å². The third-order valence-electron chi connectivity index (χ3n) is 3.57. The Morgan fingerprint density at radius 3 is 3.00 bits per heavy atom. The first-order valence-corrected chi connectivity index (χ1v) is 7.61. The maximum Gasteiger partial charge on any atom is 0.273 e. The highest BCUT2D eigenvalue weighted by Crippen LogP contribution is 2.18. The first-order valence-electron chi connectivity index (χ1n) is 6.82. The molecule has 0 spiro atoms. The smallest absolute Gasteiger partial charge is 0.273 e. The monoisotopic (exact) mass is 349 g/mol. The Hall–Kier alpha value is -1.73. The Morgan fingerprint density at radius 2 is 2.33 bits per heavy atom. The topological polar surface area (TPSA) is 71.8 Å². The number of rotatable bonds is 4. The van der Waals surface area contributed by atoms with Crippen LogP contribution in [0.1, 0.15) is 35.1 Å². The SMILES string of the molecule is C[C@@H](NC(=O)c1cn(C2CNC2)nn1)c1cccc(Br)c1. The summed E-state index contributed by atoms with van der Waals surface area (Å²) in [6.45, 7) is 3.69. The van der Waals surface area contributed by atoms with Crippen LogP contribution in [0.2, 0.25) is 0 Å². The van der Waals surface area contributed by atoms with E-state index in [1.165, 1.54) is 0 Å². The Morgan fingerprint density at radius 1 is 1.52 bits per heavy atom. The van der Waals surface area contributed by atoms with Gasteiger partial charge in [0.05, 0.1) is 18.3 Å². The predicted molar refractivity (Wildman–Crippen MR) is 82.0 cm³/mol. The fraction of sp³-hybridized carbons (Fsp3) is 0.357. The van der Waals surface area contributed by atoms with Crippen molar-refractivity contribution < 1.29 is 4.79 Å². The number of nitrogens with zero attached hydrogens (tertiary/aromatic N) is 3. The molecule has 1 aliphatic heterocycles. The van der Waals surface area contributed by atoms with E-state index in [0.29, 0.717) is 11.7 Å². The number of hydrogen-bond acceptors (Lipinski definition) is 4. The van der Waals surface area contributed by atoms with E-state index < -0.39 is 0 Å². The number of hydrogen-bond donors (Lipinski definition) is 2. The van der Waals surface area contributed by atoms with Crippen LogP contribution in [-0.4, -0.2) is 34.0 Å². The number of nitrogens with one attached hydrogen (secondary N) is 2. The molecule has 7 heteroatoms. The molecule has 1 atom stereocenters. The van der Waals surface area contributed by atoms with Crippen molar-refractivity contribution in [3.8, 4) is 0 Å². The van der Waals surface area contributed by atoms with Crippen molar-refractivity contribution in [2.75, 3.05) is 13.1 Å². The molecule has 0 radical (unpaired) electrons. The van der Waals surface area contributed by atoms with Gasteiger partial charge in [0, 0.05) is 17.6 Å². The van der Waals surface area contributed by atoms with Gasteiger partial charge < -0.3 is 10.6 Å². The summed E-state index contributed by atoms with van der Waals surface area (Å²) < 4.78 is 2.74. The minimum atomic E-state index is -0.207. The van der Waals surface area contributed by atoms with Gasteiger partial charge in [-0.05, 0) is 24.6 Å². The lowest BCUT2D eigenvalue weighted by Gasteiger charge is -2.26. The number of amides is 1. The Balaban J connectivity index is 1.66. The lowest BCUT2D eigenvalue weighted by Crippen LogP contribution is -2.43. The molecule has 1 aliphatic rings. The number of carbonyl (C=O) groups excluding carboxylic acids is 1. The van der Waals surface area contributed by atoms with Gasteiger partial charge in [-0.15, -0.1) is 5.10 Å². The summed E-state index contributed by atoms with van der Waals surface area (Å²) in [4.78, 5) is 12.2. The van der Waals surface area contributed by atoms with E-state index in [0.717, 1.165) is 23.1 Å². The standard InChI is InChI=1S/C14H16BrN5O/c1-9(10-3-2-4-11(15)5-10)17-14(21)13-8-20(19-18-13)12-6-16-7-12/h2-5,8-9,12,16H,6-7H2,1H3,(H,17,21)/t9-/m1/s1. The molecule has 3 rings (SSSR count). The van der Waals surface area contributed by atoms with E-state index >= 15 is 0 Å². The van der Waals surface area contributed by atoms with Gasteiger partial charge in [-0.2, -0.15) is 0 Å². The zero-order valence-electron chi connectivity index (χ0n) is 11.6. The van der Waals surface area contributed by atoms with Crippen molar-refractivity contribution in [3.63, 3.8) is 0 Å². The van der Waals surface area contributed by atoms with Crippen molar-refractivity contribution in [2.45, 2.75) is 19.0 Å². The van der Waals surface area contributed by atoms with Crippen LogP contribution in [0.4, 0.5) is 0 Å². The molecule has 2 aromatic rings. The maximum atomic E-state index is 12.2.